The lowest BCUT2D eigenvalue weighted by Gasteiger charge is -2.30. The van der Waals surface area contributed by atoms with Crippen LogP contribution in [0.3, 0.4) is 0 Å². The van der Waals surface area contributed by atoms with Crippen molar-refractivity contribution in [3.05, 3.63) is 0 Å². The summed E-state index contributed by atoms with van der Waals surface area (Å²) in [6.07, 6.45) is 3.08. The molecule has 0 aliphatic carbocycles. The molecule has 0 fully saturated rings. The van der Waals surface area contributed by atoms with Crippen LogP contribution >= 0.6 is 0 Å². The van der Waals surface area contributed by atoms with Gasteiger partial charge in [-0.3, -0.25) is 4.79 Å². The highest BCUT2D eigenvalue weighted by molar-refractivity contribution is 5.76. The normalized spacial score (nSPS) is 15.2. The molecule has 1 amide bonds. The molecule has 4 N–H and O–H groups in total. The van der Waals surface area contributed by atoms with Crippen molar-refractivity contribution < 1.29 is 9.90 Å². The van der Waals surface area contributed by atoms with Gasteiger partial charge < -0.3 is 16.2 Å². The Kier molecular flexibility index (Phi) is 8.20. The van der Waals surface area contributed by atoms with E-state index in [0.29, 0.717) is 18.9 Å². The van der Waals surface area contributed by atoms with Crippen molar-refractivity contribution in [3.63, 3.8) is 0 Å². The molecule has 0 aliphatic heterocycles. The lowest BCUT2D eigenvalue weighted by molar-refractivity contribution is -0.122. The Labute approximate surface area is 111 Å². The van der Waals surface area contributed by atoms with Crippen LogP contribution in [0.15, 0.2) is 0 Å². The van der Waals surface area contributed by atoms with Gasteiger partial charge in [-0.15, -0.1) is 0 Å². The molecule has 0 rings (SSSR count). The Morgan fingerprint density at radius 2 is 1.94 bits per heavy atom. The van der Waals surface area contributed by atoms with Crippen LogP contribution in [-0.2, 0) is 4.79 Å². The Morgan fingerprint density at radius 1 is 1.33 bits per heavy atom. The van der Waals surface area contributed by atoms with Gasteiger partial charge in [0.25, 0.3) is 0 Å². The Morgan fingerprint density at radius 3 is 2.33 bits per heavy atom. The fraction of sp³-hybridized carbons (Fsp3) is 0.929. The molecular weight excluding hydrogens is 228 g/mol. The second-order valence-electron chi connectivity index (χ2n) is 6.03. The summed E-state index contributed by atoms with van der Waals surface area (Å²) in [5.74, 6) is 0.490. The summed E-state index contributed by atoms with van der Waals surface area (Å²) in [6.45, 7) is 9.19. The smallest absolute Gasteiger partial charge is 0.220 e. The van der Waals surface area contributed by atoms with Gasteiger partial charge in [0.1, 0.15) is 0 Å². The maximum absolute atomic E-state index is 11.8. The first-order chi connectivity index (χ1) is 8.35. The quantitative estimate of drug-likeness (QED) is 0.620. The number of hydrogen-bond acceptors (Lipinski definition) is 3. The molecule has 0 saturated carbocycles. The van der Waals surface area contributed by atoms with Gasteiger partial charge in [0, 0.05) is 6.42 Å². The highest BCUT2D eigenvalue weighted by Crippen LogP contribution is 2.31. The van der Waals surface area contributed by atoms with Crippen molar-refractivity contribution in [2.45, 2.75) is 59.4 Å². The number of nitrogens with two attached hydrogens (primary N) is 1. The summed E-state index contributed by atoms with van der Waals surface area (Å²) in [7, 11) is 0. The van der Waals surface area contributed by atoms with E-state index in [1.54, 1.807) is 0 Å². The molecule has 0 bridgehead atoms. The monoisotopic (exact) mass is 258 g/mol. The van der Waals surface area contributed by atoms with Crippen molar-refractivity contribution in [2.24, 2.45) is 17.1 Å². The van der Waals surface area contributed by atoms with Crippen LogP contribution in [-0.4, -0.2) is 30.2 Å². The third-order valence-electron chi connectivity index (χ3n) is 3.54. The molecule has 0 aliphatic rings. The number of aliphatic hydroxyl groups excluding tert-OH is 1. The molecule has 0 aromatic rings. The Balaban J connectivity index is 4.15. The Hall–Kier alpha value is -0.610. The first-order valence-corrected chi connectivity index (χ1v) is 6.95. The number of carbonyl (C=O) groups is 1. The van der Waals surface area contributed by atoms with Crippen molar-refractivity contribution in [1.82, 2.24) is 5.32 Å². The van der Waals surface area contributed by atoms with Crippen molar-refractivity contribution >= 4 is 5.91 Å². The van der Waals surface area contributed by atoms with Crippen LogP contribution in [0.1, 0.15) is 53.4 Å². The molecule has 0 heterocycles. The van der Waals surface area contributed by atoms with Gasteiger partial charge in [0.05, 0.1) is 12.6 Å². The summed E-state index contributed by atoms with van der Waals surface area (Å²) in [4.78, 5) is 11.8. The number of hydrogen-bond donors (Lipinski definition) is 3. The molecular formula is C14H30N2O2. The highest BCUT2D eigenvalue weighted by Gasteiger charge is 2.24. The minimum atomic E-state index is -0.111. The van der Waals surface area contributed by atoms with E-state index in [2.05, 4.69) is 26.1 Å². The Bertz CT molecular complexity index is 232. The van der Waals surface area contributed by atoms with Crippen molar-refractivity contribution in [1.29, 1.82) is 0 Å². The van der Waals surface area contributed by atoms with Crippen LogP contribution < -0.4 is 11.1 Å². The second kappa shape index (κ2) is 8.48. The summed E-state index contributed by atoms with van der Waals surface area (Å²) in [6, 6.07) is -0.111. The SMILES string of the molecule is CC[C@H](CO)NC(=O)CCC(CCN)C(C)(C)C. The van der Waals surface area contributed by atoms with E-state index in [9.17, 15) is 4.79 Å². The van der Waals surface area contributed by atoms with Gasteiger partial charge in [-0.1, -0.05) is 27.7 Å². The largest absolute Gasteiger partial charge is 0.394 e. The van der Waals surface area contributed by atoms with E-state index >= 15 is 0 Å². The van der Waals surface area contributed by atoms with Crippen molar-refractivity contribution in [2.75, 3.05) is 13.2 Å². The van der Waals surface area contributed by atoms with Gasteiger partial charge in [-0.25, -0.2) is 0 Å². The molecule has 108 valence electrons. The third-order valence-corrected chi connectivity index (χ3v) is 3.54. The second-order valence-corrected chi connectivity index (χ2v) is 6.03. The van der Waals surface area contributed by atoms with Gasteiger partial charge >= 0.3 is 0 Å². The first kappa shape index (κ1) is 17.4. The molecule has 18 heavy (non-hydrogen) atoms. The molecule has 0 aromatic heterocycles. The maximum atomic E-state index is 11.8. The predicted molar refractivity (Wildman–Crippen MR) is 75.2 cm³/mol. The lowest BCUT2D eigenvalue weighted by atomic mass is 9.76. The predicted octanol–water partition coefficient (Wildman–Crippen LogP) is 1.66. The zero-order valence-corrected chi connectivity index (χ0v) is 12.3. The minimum absolute atomic E-state index is 0.00768. The molecule has 0 spiro atoms. The molecule has 0 saturated heterocycles. The fourth-order valence-electron chi connectivity index (χ4n) is 2.09. The molecule has 4 nitrogen and oxygen atoms in total. The zero-order chi connectivity index (χ0) is 14.2. The van der Waals surface area contributed by atoms with Gasteiger partial charge in [0.15, 0.2) is 0 Å². The molecule has 4 heteroatoms. The number of rotatable bonds is 8. The van der Waals surface area contributed by atoms with E-state index in [1.807, 2.05) is 6.92 Å². The van der Waals surface area contributed by atoms with Crippen molar-refractivity contribution in [3.8, 4) is 0 Å². The molecule has 2 atom stereocenters. The van der Waals surface area contributed by atoms with E-state index < -0.39 is 0 Å². The number of carbonyl (C=O) groups excluding carboxylic acids is 1. The van der Waals surface area contributed by atoms with E-state index in [0.717, 1.165) is 19.3 Å². The van der Waals surface area contributed by atoms with E-state index in [-0.39, 0.29) is 24.0 Å². The minimum Gasteiger partial charge on any atom is -0.394 e. The average Bonchev–Trinajstić information content (AvgIpc) is 2.29. The van der Waals surface area contributed by atoms with Crippen LogP contribution in [0.25, 0.3) is 0 Å². The first-order valence-electron chi connectivity index (χ1n) is 6.95. The van der Waals surface area contributed by atoms with E-state index in [4.69, 9.17) is 10.8 Å². The molecule has 0 radical (unpaired) electrons. The van der Waals surface area contributed by atoms with E-state index in [1.165, 1.54) is 0 Å². The van der Waals surface area contributed by atoms with Crippen LogP contribution in [0, 0.1) is 11.3 Å². The van der Waals surface area contributed by atoms with Gasteiger partial charge in [0.2, 0.25) is 5.91 Å². The summed E-state index contributed by atoms with van der Waals surface area (Å²) < 4.78 is 0. The number of nitrogens with one attached hydrogen (secondary N) is 1. The van der Waals surface area contributed by atoms with Gasteiger partial charge in [-0.05, 0) is 37.1 Å². The highest BCUT2D eigenvalue weighted by atomic mass is 16.3. The topological polar surface area (TPSA) is 75.3 Å². The van der Waals surface area contributed by atoms with Gasteiger partial charge in [-0.2, -0.15) is 0 Å². The summed E-state index contributed by atoms with van der Waals surface area (Å²) in [5.41, 5.74) is 5.80. The molecule has 0 aromatic carbocycles. The summed E-state index contributed by atoms with van der Waals surface area (Å²) in [5, 5.41) is 11.9. The van der Waals surface area contributed by atoms with Crippen LogP contribution in [0.2, 0.25) is 0 Å². The van der Waals surface area contributed by atoms with Crippen LogP contribution in [0.5, 0.6) is 0 Å². The summed E-state index contributed by atoms with van der Waals surface area (Å²) >= 11 is 0. The number of aliphatic hydroxyl groups is 1. The zero-order valence-electron chi connectivity index (χ0n) is 12.3. The lowest BCUT2D eigenvalue weighted by Crippen LogP contribution is -2.37. The molecule has 1 unspecified atom stereocenters. The third kappa shape index (κ3) is 6.97. The number of amides is 1. The standard InChI is InChI=1S/C14H30N2O2/c1-5-12(10-17)16-13(18)7-6-11(8-9-15)14(2,3)4/h11-12,17H,5-10,15H2,1-4H3,(H,16,18)/t11?,12-/m1/s1. The fourth-order valence-corrected chi connectivity index (χ4v) is 2.09. The average molecular weight is 258 g/mol. The maximum Gasteiger partial charge on any atom is 0.220 e. The van der Waals surface area contributed by atoms with Crippen LogP contribution in [0.4, 0.5) is 0 Å².